The number of nitrogens with zero attached hydrogens (tertiary/aromatic N) is 1. The highest BCUT2D eigenvalue weighted by molar-refractivity contribution is 6.09. The number of fused-ring (bicyclic) bond motifs is 7. The summed E-state index contributed by atoms with van der Waals surface area (Å²) in [5.41, 5.74) is 8.05. The number of nitriles is 1. The summed E-state index contributed by atoms with van der Waals surface area (Å²) in [6.45, 7) is 13.3. The standard InChI is InChI=1S/C32H42N2O3/c1-27-10-11-28(2,26(34)37)18-25(27)32(6)15-13-29(3)22-17-23(36)21(9-16-33)30(4,19-35)20(22)7-8-24(29)31(32,5)14-12-27/h7-9,17,25,35H,10-15,18-19H2,1-6H3,(H2,34,37)/b21-9+/t25-,27-,28-,29+,30+,31-,32+/m1/s1. The fourth-order valence-electron chi connectivity index (χ4n) is 9.41. The molecule has 5 aliphatic rings. The molecule has 5 nitrogen and oxygen atoms in total. The van der Waals surface area contributed by atoms with Crippen molar-refractivity contribution in [1.29, 1.82) is 5.26 Å². The lowest BCUT2D eigenvalue weighted by molar-refractivity contribution is -0.167. The molecule has 3 N–H and O–H groups in total. The number of hydrogen-bond acceptors (Lipinski definition) is 4. The van der Waals surface area contributed by atoms with Gasteiger partial charge in [-0.3, -0.25) is 9.59 Å². The average Bonchev–Trinajstić information content (AvgIpc) is 2.85. The first-order chi connectivity index (χ1) is 17.2. The van der Waals surface area contributed by atoms with Crippen molar-refractivity contribution >= 4 is 11.7 Å². The van der Waals surface area contributed by atoms with E-state index in [4.69, 9.17) is 5.73 Å². The van der Waals surface area contributed by atoms with E-state index in [1.807, 2.05) is 13.0 Å². The number of nitrogens with two attached hydrogens (primary N) is 1. The van der Waals surface area contributed by atoms with E-state index in [1.54, 1.807) is 6.08 Å². The van der Waals surface area contributed by atoms with Gasteiger partial charge in [0.1, 0.15) is 0 Å². The SMILES string of the molecule is C[C@@]1(C(N)=O)CC[C@]2(C)CC[C@]3(C)C4=CC=C5C(=CC(=O)/C(=C\C#N)[C@@]5(C)CO)[C@]4(C)CC[C@@]3(C)[C@@H]2C1. The fourth-order valence-corrected chi connectivity index (χ4v) is 9.41. The van der Waals surface area contributed by atoms with Gasteiger partial charge in [-0.1, -0.05) is 52.3 Å². The number of carbonyl (C=O) groups excluding carboxylic acids is 2. The topological polar surface area (TPSA) is 104 Å². The highest BCUT2D eigenvalue weighted by Gasteiger charge is 2.67. The number of primary amides is 1. The van der Waals surface area contributed by atoms with E-state index < -0.39 is 10.8 Å². The molecule has 3 saturated carbocycles. The second-order valence-corrected chi connectivity index (χ2v) is 14.2. The third-order valence-electron chi connectivity index (χ3n) is 12.5. The van der Waals surface area contributed by atoms with Crippen LogP contribution in [0, 0.1) is 49.7 Å². The average molecular weight is 503 g/mol. The Bertz CT molecular complexity index is 1260. The molecule has 5 heteroatoms. The summed E-state index contributed by atoms with van der Waals surface area (Å²) < 4.78 is 0. The maximum atomic E-state index is 13.3. The Balaban J connectivity index is 1.66. The van der Waals surface area contributed by atoms with Gasteiger partial charge in [0.15, 0.2) is 5.78 Å². The van der Waals surface area contributed by atoms with Crippen molar-refractivity contribution in [2.24, 2.45) is 44.1 Å². The summed E-state index contributed by atoms with van der Waals surface area (Å²) in [4.78, 5) is 25.9. The third kappa shape index (κ3) is 3.11. The zero-order valence-corrected chi connectivity index (χ0v) is 23.3. The van der Waals surface area contributed by atoms with Crippen molar-refractivity contribution in [3.63, 3.8) is 0 Å². The molecule has 0 bridgehead atoms. The number of carbonyl (C=O) groups is 2. The molecule has 1 amide bonds. The fraction of sp³-hybridized carbons (Fsp3) is 0.656. The van der Waals surface area contributed by atoms with Gasteiger partial charge in [0.2, 0.25) is 5.91 Å². The molecule has 0 saturated heterocycles. The van der Waals surface area contributed by atoms with E-state index in [0.717, 1.165) is 56.1 Å². The van der Waals surface area contributed by atoms with E-state index in [2.05, 4.69) is 46.8 Å². The summed E-state index contributed by atoms with van der Waals surface area (Å²) >= 11 is 0. The monoisotopic (exact) mass is 502 g/mol. The molecule has 0 aromatic carbocycles. The molecule has 0 radical (unpaired) electrons. The van der Waals surface area contributed by atoms with Crippen molar-refractivity contribution in [1.82, 2.24) is 0 Å². The minimum absolute atomic E-state index is 0.000788. The summed E-state index contributed by atoms with van der Waals surface area (Å²) in [6, 6.07) is 2.01. The smallest absolute Gasteiger partial charge is 0.223 e. The van der Waals surface area contributed by atoms with Crippen molar-refractivity contribution in [2.45, 2.75) is 86.5 Å². The highest BCUT2D eigenvalue weighted by atomic mass is 16.3. The number of ketones is 1. The van der Waals surface area contributed by atoms with Crippen LogP contribution >= 0.6 is 0 Å². The Labute approximate surface area is 221 Å². The molecule has 37 heavy (non-hydrogen) atoms. The lowest BCUT2D eigenvalue weighted by Gasteiger charge is -2.70. The largest absolute Gasteiger partial charge is 0.395 e. The lowest BCUT2D eigenvalue weighted by Crippen LogP contribution is -2.62. The van der Waals surface area contributed by atoms with Crippen LogP contribution in [0.15, 0.2) is 46.6 Å². The predicted molar refractivity (Wildman–Crippen MR) is 144 cm³/mol. The van der Waals surface area contributed by atoms with Crippen LogP contribution in [-0.4, -0.2) is 23.4 Å². The van der Waals surface area contributed by atoms with E-state index in [1.165, 1.54) is 11.6 Å². The van der Waals surface area contributed by atoms with Gasteiger partial charge < -0.3 is 10.8 Å². The van der Waals surface area contributed by atoms with Gasteiger partial charge in [-0.15, -0.1) is 0 Å². The molecule has 0 unspecified atom stereocenters. The van der Waals surface area contributed by atoms with Gasteiger partial charge in [-0.2, -0.15) is 5.26 Å². The molecule has 5 aliphatic carbocycles. The van der Waals surface area contributed by atoms with Crippen molar-refractivity contribution < 1.29 is 14.7 Å². The first kappa shape index (κ1) is 26.2. The molecule has 5 rings (SSSR count). The Morgan fingerprint density at radius 1 is 1.05 bits per heavy atom. The Morgan fingerprint density at radius 2 is 1.73 bits per heavy atom. The maximum Gasteiger partial charge on any atom is 0.223 e. The quantitative estimate of drug-likeness (QED) is 0.372. The first-order valence-electron chi connectivity index (χ1n) is 13.9. The molecule has 3 fully saturated rings. The van der Waals surface area contributed by atoms with Crippen molar-refractivity contribution in [3.05, 3.63) is 46.6 Å². The zero-order valence-electron chi connectivity index (χ0n) is 23.3. The molecule has 7 atom stereocenters. The number of rotatable bonds is 2. The number of allylic oxidation sites excluding steroid dienone is 6. The molecule has 0 aliphatic heterocycles. The van der Waals surface area contributed by atoms with Crippen LogP contribution in [0.4, 0.5) is 0 Å². The van der Waals surface area contributed by atoms with Gasteiger partial charge in [0.25, 0.3) is 0 Å². The molecule has 198 valence electrons. The summed E-state index contributed by atoms with van der Waals surface area (Å²) in [6.07, 6.45) is 14.2. The minimum Gasteiger partial charge on any atom is -0.395 e. The van der Waals surface area contributed by atoms with Crippen LogP contribution in [0.1, 0.15) is 86.5 Å². The van der Waals surface area contributed by atoms with Gasteiger partial charge in [0, 0.05) is 27.9 Å². The van der Waals surface area contributed by atoms with Gasteiger partial charge in [-0.05, 0) is 91.3 Å². The molecule has 0 spiro atoms. The van der Waals surface area contributed by atoms with Crippen molar-refractivity contribution in [2.75, 3.05) is 6.61 Å². The third-order valence-corrected chi connectivity index (χ3v) is 12.5. The number of amides is 1. The molecule has 0 aromatic rings. The van der Waals surface area contributed by atoms with Crippen LogP contribution in [0.2, 0.25) is 0 Å². The summed E-state index contributed by atoms with van der Waals surface area (Å²) in [5.74, 6) is 0.0357. The maximum absolute atomic E-state index is 13.3. The normalized spacial score (nSPS) is 47.8. The van der Waals surface area contributed by atoms with Gasteiger partial charge >= 0.3 is 0 Å². The van der Waals surface area contributed by atoms with Gasteiger partial charge in [0.05, 0.1) is 12.7 Å². The second-order valence-electron chi connectivity index (χ2n) is 14.2. The van der Waals surface area contributed by atoms with Crippen LogP contribution in [0.25, 0.3) is 0 Å². The number of aliphatic hydroxyl groups excluding tert-OH is 1. The Morgan fingerprint density at radius 3 is 2.35 bits per heavy atom. The molecular weight excluding hydrogens is 460 g/mol. The van der Waals surface area contributed by atoms with Crippen LogP contribution in [0.3, 0.4) is 0 Å². The van der Waals surface area contributed by atoms with E-state index in [-0.39, 0.29) is 40.0 Å². The van der Waals surface area contributed by atoms with Crippen LogP contribution in [-0.2, 0) is 9.59 Å². The number of hydrogen-bond donors (Lipinski definition) is 2. The molecule has 0 heterocycles. The Hall–Kier alpha value is -2.45. The van der Waals surface area contributed by atoms with E-state index in [0.29, 0.717) is 11.5 Å². The minimum atomic E-state index is -0.901. The van der Waals surface area contributed by atoms with Crippen LogP contribution < -0.4 is 5.73 Å². The van der Waals surface area contributed by atoms with E-state index >= 15 is 0 Å². The molecule has 0 aromatic heterocycles. The van der Waals surface area contributed by atoms with Crippen molar-refractivity contribution in [3.8, 4) is 6.07 Å². The zero-order chi connectivity index (χ0) is 27.2. The summed E-state index contributed by atoms with van der Waals surface area (Å²) in [7, 11) is 0. The molecular formula is C32H42N2O3. The summed E-state index contributed by atoms with van der Waals surface area (Å²) in [5, 5.41) is 19.8. The predicted octanol–water partition coefficient (Wildman–Crippen LogP) is 5.71. The first-order valence-corrected chi connectivity index (χ1v) is 13.9. The van der Waals surface area contributed by atoms with Gasteiger partial charge in [-0.25, -0.2) is 0 Å². The number of aliphatic hydroxyl groups is 1. The second kappa shape index (κ2) is 7.79. The lowest BCUT2D eigenvalue weighted by atomic mass is 9.34. The van der Waals surface area contributed by atoms with E-state index in [9.17, 15) is 20.0 Å². The Kier molecular flexibility index (Phi) is 5.51. The van der Waals surface area contributed by atoms with Crippen LogP contribution in [0.5, 0.6) is 0 Å². The highest BCUT2D eigenvalue weighted by Crippen LogP contribution is 2.75.